The van der Waals surface area contributed by atoms with Gasteiger partial charge in [0.2, 0.25) is 0 Å². The van der Waals surface area contributed by atoms with Gasteiger partial charge in [-0.25, -0.2) is 9.78 Å². The van der Waals surface area contributed by atoms with Crippen LogP contribution in [0.1, 0.15) is 31.2 Å². The largest absolute Gasteiger partial charge is 0.493 e. The molecule has 0 spiro atoms. The molecule has 1 aromatic heterocycles. The summed E-state index contributed by atoms with van der Waals surface area (Å²) in [6, 6.07) is 8.43. The number of carboxylic acid groups (broad SMARTS) is 1. The highest BCUT2D eigenvalue weighted by atomic mass is 79.9. The van der Waals surface area contributed by atoms with Crippen LogP contribution in [0.3, 0.4) is 0 Å². The molecule has 0 radical (unpaired) electrons. The highest BCUT2D eigenvalue weighted by Gasteiger charge is 2.15. The molecule has 10 heteroatoms. The average molecular weight is 509 g/mol. The third-order valence-electron chi connectivity index (χ3n) is 4.26. The topological polar surface area (TPSA) is 103 Å². The van der Waals surface area contributed by atoms with Gasteiger partial charge in [-0.2, -0.15) is 9.78 Å². The number of methoxy groups -OCH3 is 1. The van der Waals surface area contributed by atoms with E-state index >= 15 is 0 Å². The molecule has 8 nitrogen and oxygen atoms in total. The van der Waals surface area contributed by atoms with Crippen LogP contribution in [0.15, 0.2) is 44.7 Å². The fourth-order valence-corrected chi connectivity index (χ4v) is 3.50. The Labute approximate surface area is 191 Å². The van der Waals surface area contributed by atoms with Crippen LogP contribution in [-0.4, -0.2) is 40.7 Å². The fourth-order valence-electron chi connectivity index (χ4n) is 2.86. The SMILES string of the molecule is COc1cc(C=Nn2c(C(C)C)nc3ccc(Br)cc3c2=O)cc(Cl)c1OCC(=O)O. The standard InChI is InChI=1S/C21H19BrClN3O5/c1-11(2)20-25-16-5-4-13(22)8-14(16)21(29)26(20)24-9-12-6-15(23)19(17(7-12)30-3)31-10-18(27)28/h4-9,11H,10H2,1-3H3,(H,27,28). The molecule has 0 unspecified atom stereocenters. The second-order valence-corrected chi connectivity index (χ2v) is 8.19. The third-order valence-corrected chi connectivity index (χ3v) is 5.04. The summed E-state index contributed by atoms with van der Waals surface area (Å²) in [5.41, 5.74) is 0.819. The van der Waals surface area contributed by atoms with Gasteiger partial charge in [0.15, 0.2) is 18.1 Å². The first-order chi connectivity index (χ1) is 14.7. The molecule has 162 valence electrons. The number of carboxylic acids is 1. The van der Waals surface area contributed by atoms with Crippen molar-refractivity contribution in [1.29, 1.82) is 0 Å². The molecule has 0 amide bonds. The van der Waals surface area contributed by atoms with Crippen molar-refractivity contribution in [2.75, 3.05) is 13.7 Å². The smallest absolute Gasteiger partial charge is 0.341 e. The molecule has 3 rings (SSSR count). The Morgan fingerprint density at radius 2 is 2.10 bits per heavy atom. The normalized spacial score (nSPS) is 11.4. The number of aliphatic carboxylic acids is 1. The monoisotopic (exact) mass is 507 g/mol. The van der Waals surface area contributed by atoms with Crippen LogP contribution >= 0.6 is 27.5 Å². The van der Waals surface area contributed by atoms with Gasteiger partial charge >= 0.3 is 5.97 Å². The molecular weight excluding hydrogens is 490 g/mol. The van der Waals surface area contributed by atoms with Crippen LogP contribution in [0.2, 0.25) is 5.02 Å². The first-order valence-corrected chi connectivity index (χ1v) is 10.4. The summed E-state index contributed by atoms with van der Waals surface area (Å²) >= 11 is 9.62. The van der Waals surface area contributed by atoms with Gasteiger partial charge in [-0.1, -0.05) is 41.4 Å². The predicted molar refractivity (Wildman–Crippen MR) is 122 cm³/mol. The first-order valence-electron chi connectivity index (χ1n) is 9.20. The van der Waals surface area contributed by atoms with Crippen LogP contribution in [0.5, 0.6) is 11.5 Å². The maximum atomic E-state index is 13.1. The second-order valence-electron chi connectivity index (χ2n) is 6.86. The Balaban J connectivity index is 2.07. The van der Waals surface area contributed by atoms with Gasteiger partial charge in [0.05, 0.1) is 29.2 Å². The van der Waals surface area contributed by atoms with Crippen molar-refractivity contribution in [1.82, 2.24) is 9.66 Å². The van der Waals surface area contributed by atoms with E-state index in [4.69, 9.17) is 26.2 Å². The van der Waals surface area contributed by atoms with Gasteiger partial charge in [-0.05, 0) is 35.9 Å². The molecule has 0 aliphatic heterocycles. The quantitative estimate of drug-likeness (QED) is 0.478. The third kappa shape index (κ3) is 5.05. The van der Waals surface area contributed by atoms with E-state index in [9.17, 15) is 9.59 Å². The Morgan fingerprint density at radius 3 is 2.74 bits per heavy atom. The number of ether oxygens (including phenoxy) is 2. The number of aromatic nitrogens is 2. The van der Waals surface area contributed by atoms with Gasteiger partial charge in [-0.3, -0.25) is 4.79 Å². The Hall–Kier alpha value is -2.91. The molecule has 3 aromatic rings. The van der Waals surface area contributed by atoms with E-state index < -0.39 is 12.6 Å². The predicted octanol–water partition coefficient (Wildman–Crippen LogP) is 4.29. The first kappa shape index (κ1) is 22.8. The van der Waals surface area contributed by atoms with Crippen molar-refractivity contribution in [3.63, 3.8) is 0 Å². The highest BCUT2D eigenvalue weighted by molar-refractivity contribution is 9.10. The highest BCUT2D eigenvalue weighted by Crippen LogP contribution is 2.36. The fraction of sp³-hybridized carbons (Fsp3) is 0.238. The maximum Gasteiger partial charge on any atom is 0.341 e. The van der Waals surface area contributed by atoms with Crippen molar-refractivity contribution in [3.8, 4) is 11.5 Å². The summed E-state index contributed by atoms with van der Waals surface area (Å²) in [6.07, 6.45) is 1.45. The van der Waals surface area contributed by atoms with Gasteiger partial charge in [-0.15, -0.1) is 0 Å². The molecule has 1 N–H and O–H groups in total. The molecule has 0 saturated carbocycles. The van der Waals surface area contributed by atoms with Gasteiger partial charge in [0, 0.05) is 10.4 Å². The van der Waals surface area contributed by atoms with E-state index in [1.54, 1.807) is 18.2 Å². The second kappa shape index (κ2) is 9.49. The minimum Gasteiger partial charge on any atom is -0.493 e. The van der Waals surface area contributed by atoms with E-state index in [0.717, 1.165) is 4.47 Å². The molecule has 1 heterocycles. The van der Waals surface area contributed by atoms with Gasteiger partial charge < -0.3 is 14.6 Å². The van der Waals surface area contributed by atoms with Crippen LogP contribution < -0.4 is 15.0 Å². The van der Waals surface area contributed by atoms with E-state index in [2.05, 4.69) is 26.0 Å². The lowest BCUT2D eigenvalue weighted by molar-refractivity contribution is -0.139. The molecule has 0 saturated heterocycles. The minimum atomic E-state index is -1.14. The molecular formula is C21H19BrClN3O5. The zero-order valence-electron chi connectivity index (χ0n) is 16.9. The zero-order valence-corrected chi connectivity index (χ0v) is 19.3. The Bertz CT molecular complexity index is 1240. The lowest BCUT2D eigenvalue weighted by Gasteiger charge is -2.13. The summed E-state index contributed by atoms with van der Waals surface area (Å²) in [5.74, 6) is -0.327. The van der Waals surface area contributed by atoms with E-state index in [-0.39, 0.29) is 28.0 Å². The molecule has 31 heavy (non-hydrogen) atoms. The van der Waals surface area contributed by atoms with Gasteiger partial charge in [0.25, 0.3) is 5.56 Å². The molecule has 2 aromatic carbocycles. The molecule has 0 aliphatic rings. The summed E-state index contributed by atoms with van der Waals surface area (Å²) in [5, 5.41) is 13.7. The summed E-state index contributed by atoms with van der Waals surface area (Å²) in [6.45, 7) is 3.29. The molecule has 0 bridgehead atoms. The van der Waals surface area contributed by atoms with E-state index in [0.29, 0.717) is 22.3 Å². The number of nitrogens with zero attached hydrogens (tertiary/aromatic N) is 3. The number of carbonyl (C=O) groups is 1. The average Bonchev–Trinajstić information content (AvgIpc) is 2.71. The van der Waals surface area contributed by atoms with E-state index in [1.165, 1.54) is 24.1 Å². The lowest BCUT2D eigenvalue weighted by Crippen LogP contribution is -2.23. The lowest BCUT2D eigenvalue weighted by atomic mass is 10.2. The maximum absolute atomic E-state index is 13.1. The van der Waals surface area contributed by atoms with E-state index in [1.807, 2.05) is 19.9 Å². The van der Waals surface area contributed by atoms with Crippen molar-refractivity contribution < 1.29 is 19.4 Å². The Morgan fingerprint density at radius 1 is 1.35 bits per heavy atom. The number of rotatable bonds is 7. The van der Waals surface area contributed by atoms with Crippen LogP contribution in [-0.2, 0) is 4.79 Å². The molecule has 0 fully saturated rings. The van der Waals surface area contributed by atoms with Crippen LogP contribution in [0, 0.1) is 0 Å². The summed E-state index contributed by atoms with van der Waals surface area (Å²) in [4.78, 5) is 28.5. The van der Waals surface area contributed by atoms with Gasteiger partial charge in [0.1, 0.15) is 5.82 Å². The summed E-state index contributed by atoms with van der Waals surface area (Å²) < 4.78 is 12.5. The minimum absolute atomic E-state index is 0.0529. The number of hydrogen-bond acceptors (Lipinski definition) is 6. The van der Waals surface area contributed by atoms with Crippen LogP contribution in [0.4, 0.5) is 0 Å². The van der Waals surface area contributed by atoms with Crippen molar-refractivity contribution in [3.05, 3.63) is 61.6 Å². The van der Waals surface area contributed by atoms with Crippen molar-refractivity contribution >= 4 is 50.6 Å². The zero-order chi connectivity index (χ0) is 22.7. The summed E-state index contributed by atoms with van der Waals surface area (Å²) in [7, 11) is 1.41. The number of halogens is 2. The molecule has 0 atom stereocenters. The Kier molecular flexibility index (Phi) is 6.97. The number of fused-ring (bicyclic) bond motifs is 1. The number of benzene rings is 2. The number of hydrogen-bond donors (Lipinski definition) is 1. The van der Waals surface area contributed by atoms with Crippen molar-refractivity contribution in [2.45, 2.75) is 19.8 Å². The van der Waals surface area contributed by atoms with Crippen LogP contribution in [0.25, 0.3) is 10.9 Å². The van der Waals surface area contributed by atoms with Crippen molar-refractivity contribution in [2.24, 2.45) is 5.10 Å². The molecule has 0 aliphatic carbocycles.